The van der Waals surface area contributed by atoms with Gasteiger partial charge in [0.05, 0.1) is 17.2 Å². The molecule has 18 heavy (non-hydrogen) atoms. The molecule has 2 fully saturated rings. The third kappa shape index (κ3) is 1.44. The van der Waals surface area contributed by atoms with Crippen LogP contribution < -0.4 is 0 Å². The van der Waals surface area contributed by atoms with Gasteiger partial charge < -0.3 is 4.74 Å². The van der Waals surface area contributed by atoms with E-state index in [9.17, 15) is 9.59 Å². The average molecular weight is 379 g/mol. The van der Waals surface area contributed by atoms with Crippen LogP contribution in [0.25, 0.3) is 0 Å². The zero-order chi connectivity index (χ0) is 13.3. The first-order chi connectivity index (χ1) is 8.33. The minimum Gasteiger partial charge on any atom is -0.444 e. The Bertz CT molecular complexity index is 472. The van der Waals surface area contributed by atoms with E-state index in [0.29, 0.717) is 0 Å². The Morgan fingerprint density at radius 2 is 2.22 bits per heavy atom. The molecule has 3 aliphatic rings. The summed E-state index contributed by atoms with van der Waals surface area (Å²) in [5.74, 6) is 0.143. The van der Waals surface area contributed by atoms with Crippen LogP contribution in [0.1, 0.15) is 20.8 Å². The molecular formula is C12H14INO3S. The van der Waals surface area contributed by atoms with Gasteiger partial charge in [-0.25, -0.2) is 4.79 Å². The van der Waals surface area contributed by atoms with Gasteiger partial charge in [0.2, 0.25) is 0 Å². The van der Waals surface area contributed by atoms with Gasteiger partial charge in [0.1, 0.15) is 11.1 Å². The van der Waals surface area contributed by atoms with Crippen molar-refractivity contribution in [1.29, 1.82) is 0 Å². The number of carbonyl (C=O) groups is 2. The first-order valence-corrected chi connectivity index (χ1v) is 9.28. The molecule has 0 radical (unpaired) electrons. The maximum absolute atomic E-state index is 12.1. The van der Waals surface area contributed by atoms with E-state index in [-0.39, 0.29) is 34.6 Å². The molecule has 0 aromatic rings. The molecule has 4 nitrogen and oxygen atoms in total. The summed E-state index contributed by atoms with van der Waals surface area (Å²) in [6.45, 7) is 5.56. The lowest BCUT2D eigenvalue weighted by Crippen LogP contribution is -2.41. The largest absolute Gasteiger partial charge is 0.444 e. The molecule has 1 amide bonds. The molecule has 6 heteroatoms. The lowest BCUT2D eigenvalue weighted by Gasteiger charge is -2.29. The van der Waals surface area contributed by atoms with Crippen LogP contribution in [0.15, 0.2) is 12.2 Å². The summed E-state index contributed by atoms with van der Waals surface area (Å²) in [5, 5.41) is -0.113. The quantitative estimate of drug-likeness (QED) is 0.399. The van der Waals surface area contributed by atoms with Crippen LogP contribution >= 0.6 is 30.1 Å². The van der Waals surface area contributed by atoms with E-state index in [4.69, 9.17) is 4.74 Å². The molecule has 1 aliphatic heterocycles. The van der Waals surface area contributed by atoms with E-state index in [1.807, 2.05) is 32.9 Å². The van der Waals surface area contributed by atoms with E-state index in [2.05, 4.69) is 21.2 Å². The minimum absolute atomic E-state index is 0.00301. The molecular weight excluding hydrogens is 365 g/mol. The molecule has 0 N–H and O–H groups in total. The molecule has 4 unspecified atom stereocenters. The molecule has 4 atom stereocenters. The van der Waals surface area contributed by atoms with Crippen molar-refractivity contribution in [2.75, 3.05) is 0 Å². The summed E-state index contributed by atoms with van der Waals surface area (Å²) >= 11 is 2.14. The van der Waals surface area contributed by atoms with Crippen molar-refractivity contribution in [3.05, 3.63) is 12.2 Å². The number of carbonyl (C=O) groups excluding carboxylic acids is 2. The van der Waals surface area contributed by atoms with Crippen LogP contribution in [0.5, 0.6) is 0 Å². The number of nitrogens with zero attached hydrogens (tertiary/aromatic N) is 1. The lowest BCUT2D eigenvalue weighted by molar-refractivity contribution is -0.121. The smallest absolute Gasteiger partial charge is 0.411 e. The Balaban J connectivity index is 1.81. The van der Waals surface area contributed by atoms with E-state index in [1.165, 1.54) is 8.93 Å². The summed E-state index contributed by atoms with van der Waals surface area (Å²) in [7, 11) is 1.50. The number of piperidine rings is 1. The number of Topliss-reactive ketones (excluding diaryl/α,β-unsaturated/α-hetero) is 1. The van der Waals surface area contributed by atoms with Crippen LogP contribution in [0, 0.1) is 5.92 Å². The third-order valence-electron chi connectivity index (χ3n) is 3.72. The predicted octanol–water partition coefficient (Wildman–Crippen LogP) is 2.57. The van der Waals surface area contributed by atoms with Gasteiger partial charge in [0, 0.05) is 0 Å². The van der Waals surface area contributed by atoms with Crippen LogP contribution in [0.4, 0.5) is 4.79 Å². The first kappa shape index (κ1) is 12.8. The molecule has 1 spiro atoms. The SMILES string of the molecule is CC(C)(C)OC(=O)N1C2C(SI)C(=O)C3C=CC321. The zero-order valence-electron chi connectivity index (χ0n) is 10.3. The number of amides is 1. The summed E-state index contributed by atoms with van der Waals surface area (Å²) < 4.78 is 5.40. The van der Waals surface area contributed by atoms with Crippen molar-refractivity contribution in [2.45, 2.75) is 43.2 Å². The second-order valence-electron chi connectivity index (χ2n) is 5.93. The van der Waals surface area contributed by atoms with Crippen LogP contribution in [-0.2, 0) is 9.53 Å². The van der Waals surface area contributed by atoms with Crippen LogP contribution in [-0.4, -0.2) is 39.2 Å². The normalized spacial score (nSPS) is 40.1. The number of likely N-dealkylation sites (tertiary alicyclic amines) is 1. The van der Waals surface area contributed by atoms with Gasteiger partial charge >= 0.3 is 6.09 Å². The maximum Gasteiger partial charge on any atom is 0.411 e. The standard InChI is InChI=1S/C12H14INO3S/c1-11(2,3)17-10(16)14-9-8(18-13)7(15)6-4-5-12(6,9)14/h4-6,8-9H,1-3H3. The summed E-state index contributed by atoms with van der Waals surface area (Å²) in [4.78, 5) is 25.9. The van der Waals surface area contributed by atoms with Gasteiger partial charge in [-0.3, -0.25) is 9.69 Å². The van der Waals surface area contributed by atoms with E-state index < -0.39 is 5.60 Å². The molecule has 2 aliphatic carbocycles. The Hall–Kier alpha value is -0.240. The molecule has 98 valence electrons. The number of rotatable bonds is 1. The average Bonchev–Trinajstić information content (AvgIpc) is 2.82. The third-order valence-corrected chi connectivity index (χ3v) is 6.04. The fourth-order valence-corrected chi connectivity index (χ4v) is 5.21. The number of ether oxygens (including phenoxy) is 1. The van der Waals surface area contributed by atoms with E-state index >= 15 is 0 Å². The fraction of sp³-hybridized carbons (Fsp3) is 0.667. The number of hydrogen-bond donors (Lipinski definition) is 0. The van der Waals surface area contributed by atoms with E-state index in [1.54, 1.807) is 4.90 Å². The number of hydrogen-bond acceptors (Lipinski definition) is 4. The van der Waals surface area contributed by atoms with Gasteiger partial charge in [0.25, 0.3) is 0 Å². The van der Waals surface area contributed by atoms with Gasteiger partial charge in [0.15, 0.2) is 5.78 Å². The molecule has 0 aromatic heterocycles. The highest BCUT2D eigenvalue weighted by molar-refractivity contribution is 14.2. The lowest BCUT2D eigenvalue weighted by atomic mass is 9.82. The maximum atomic E-state index is 12.1. The summed E-state index contributed by atoms with van der Waals surface area (Å²) in [5.41, 5.74) is -0.840. The minimum atomic E-state index is -0.495. The second-order valence-corrected chi connectivity index (χ2v) is 8.14. The topological polar surface area (TPSA) is 46.4 Å². The highest BCUT2D eigenvalue weighted by atomic mass is 127. The Morgan fingerprint density at radius 1 is 1.56 bits per heavy atom. The van der Waals surface area contributed by atoms with E-state index in [0.717, 1.165) is 0 Å². The zero-order valence-corrected chi connectivity index (χ0v) is 13.3. The van der Waals surface area contributed by atoms with Crippen molar-refractivity contribution in [1.82, 2.24) is 4.90 Å². The summed E-state index contributed by atoms with van der Waals surface area (Å²) in [6, 6.07) is -0.00301. The van der Waals surface area contributed by atoms with Crippen molar-refractivity contribution in [3.63, 3.8) is 0 Å². The number of halogens is 1. The molecule has 3 rings (SSSR count). The Morgan fingerprint density at radius 3 is 2.67 bits per heavy atom. The Labute approximate surface area is 122 Å². The van der Waals surface area contributed by atoms with Crippen molar-refractivity contribution >= 4 is 42.0 Å². The monoisotopic (exact) mass is 379 g/mol. The Kier molecular flexibility index (Phi) is 2.59. The highest BCUT2D eigenvalue weighted by Crippen LogP contribution is 2.64. The highest BCUT2D eigenvalue weighted by Gasteiger charge is 2.81. The molecule has 1 saturated heterocycles. The first-order valence-electron chi connectivity index (χ1n) is 5.86. The van der Waals surface area contributed by atoms with Crippen LogP contribution in [0.3, 0.4) is 0 Å². The van der Waals surface area contributed by atoms with Crippen LogP contribution in [0.2, 0.25) is 0 Å². The fourth-order valence-electron chi connectivity index (χ4n) is 2.96. The van der Waals surface area contributed by atoms with Gasteiger partial charge in [-0.05, 0) is 42.0 Å². The number of ketones is 1. The van der Waals surface area contributed by atoms with Crippen molar-refractivity contribution in [3.8, 4) is 0 Å². The van der Waals surface area contributed by atoms with Crippen molar-refractivity contribution in [2.24, 2.45) is 5.92 Å². The second kappa shape index (κ2) is 3.65. The molecule has 1 heterocycles. The molecule has 0 aromatic carbocycles. The molecule has 1 saturated carbocycles. The molecule has 0 bridgehead atoms. The van der Waals surface area contributed by atoms with Gasteiger partial charge in [-0.2, -0.15) is 0 Å². The van der Waals surface area contributed by atoms with Gasteiger partial charge in [-0.1, -0.05) is 21.1 Å². The van der Waals surface area contributed by atoms with Crippen molar-refractivity contribution < 1.29 is 14.3 Å². The van der Waals surface area contributed by atoms with Gasteiger partial charge in [-0.15, -0.1) is 0 Å². The predicted molar refractivity (Wildman–Crippen MR) is 77.6 cm³/mol. The summed E-state index contributed by atoms with van der Waals surface area (Å²) in [6.07, 6.45) is 3.59.